The summed E-state index contributed by atoms with van der Waals surface area (Å²) in [5.74, 6) is 1.68. The maximum atomic E-state index is 12.7. The number of aliphatic hydroxyl groups is 2. The summed E-state index contributed by atoms with van der Waals surface area (Å²) < 4.78 is 36.3. The third-order valence-electron chi connectivity index (χ3n) is 3.72. The van der Waals surface area contributed by atoms with Crippen LogP contribution in [0.3, 0.4) is 0 Å². The summed E-state index contributed by atoms with van der Waals surface area (Å²) >= 11 is 5.73. The van der Waals surface area contributed by atoms with E-state index in [0.717, 1.165) is 0 Å². The van der Waals surface area contributed by atoms with Gasteiger partial charge in [-0.1, -0.05) is 6.92 Å². The van der Waals surface area contributed by atoms with Crippen LogP contribution in [0, 0.1) is 5.92 Å². The first-order chi connectivity index (χ1) is 12.9. The van der Waals surface area contributed by atoms with Crippen molar-refractivity contribution in [3.63, 3.8) is 0 Å². The molecule has 0 saturated heterocycles. The third kappa shape index (κ3) is 6.10. The Kier molecular flexibility index (Phi) is 7.91. The maximum Gasteiger partial charge on any atom is 0.206 e. The number of rotatable bonds is 10. The predicted octanol–water partition coefficient (Wildman–Crippen LogP) is 2.51. The Hall–Kier alpha value is -1.80. The fourth-order valence-corrected chi connectivity index (χ4v) is 3.44. The normalized spacial score (nSPS) is 13.8. The van der Waals surface area contributed by atoms with Crippen molar-refractivity contribution in [1.29, 1.82) is 0 Å². The van der Waals surface area contributed by atoms with Crippen LogP contribution in [0.2, 0.25) is 0 Å². The number of ether oxygens (including phenoxy) is 2. The second-order valence-corrected chi connectivity index (χ2v) is 8.42. The molecule has 2 rings (SSSR count). The van der Waals surface area contributed by atoms with Gasteiger partial charge in [0.1, 0.15) is 24.2 Å². The van der Waals surface area contributed by atoms with Gasteiger partial charge in [0.25, 0.3) is 0 Å². The number of alkyl halides is 1. The molecule has 0 aliphatic rings. The maximum absolute atomic E-state index is 12.7. The van der Waals surface area contributed by atoms with Gasteiger partial charge in [-0.15, -0.1) is 11.6 Å². The highest BCUT2D eigenvalue weighted by Gasteiger charge is 2.18. The van der Waals surface area contributed by atoms with Gasteiger partial charge in [-0.3, -0.25) is 0 Å². The fourth-order valence-electron chi connectivity index (χ4n) is 2.09. The zero-order chi connectivity index (χ0) is 19.9. The van der Waals surface area contributed by atoms with Crippen molar-refractivity contribution in [2.75, 3.05) is 25.7 Å². The van der Waals surface area contributed by atoms with E-state index < -0.39 is 22.5 Å². The smallest absolute Gasteiger partial charge is 0.206 e. The first-order valence-corrected chi connectivity index (χ1v) is 10.4. The first kappa shape index (κ1) is 21.5. The zero-order valence-corrected chi connectivity index (χ0v) is 16.5. The molecule has 0 fully saturated rings. The van der Waals surface area contributed by atoms with Crippen molar-refractivity contribution in [3.05, 3.63) is 48.5 Å². The molecule has 0 aliphatic heterocycles. The molecule has 0 saturated carbocycles. The highest BCUT2D eigenvalue weighted by Crippen LogP contribution is 2.25. The number of aliphatic hydroxyl groups excluding tert-OH is 2. The van der Waals surface area contributed by atoms with Crippen molar-refractivity contribution in [1.82, 2.24) is 0 Å². The molecule has 27 heavy (non-hydrogen) atoms. The average molecular weight is 415 g/mol. The topological polar surface area (TPSA) is 93.1 Å². The van der Waals surface area contributed by atoms with Gasteiger partial charge in [-0.2, -0.15) is 0 Å². The van der Waals surface area contributed by atoms with Crippen molar-refractivity contribution < 1.29 is 28.1 Å². The summed E-state index contributed by atoms with van der Waals surface area (Å²) in [7, 11) is -3.67. The fraction of sp³-hybridized carbons (Fsp3) is 0.368. The molecule has 0 radical (unpaired) electrons. The van der Waals surface area contributed by atoms with Crippen LogP contribution < -0.4 is 9.47 Å². The summed E-state index contributed by atoms with van der Waals surface area (Å²) in [5.41, 5.74) is 0. The minimum atomic E-state index is -3.67. The number of sulfone groups is 1. The summed E-state index contributed by atoms with van der Waals surface area (Å²) in [4.78, 5) is 0.284. The predicted molar refractivity (Wildman–Crippen MR) is 102 cm³/mol. The van der Waals surface area contributed by atoms with Gasteiger partial charge >= 0.3 is 0 Å². The van der Waals surface area contributed by atoms with E-state index >= 15 is 0 Å². The van der Waals surface area contributed by atoms with E-state index in [4.69, 9.17) is 26.2 Å². The molecular weight excluding hydrogens is 392 g/mol. The quantitative estimate of drug-likeness (QED) is 0.580. The lowest BCUT2D eigenvalue weighted by Crippen LogP contribution is -2.21. The van der Waals surface area contributed by atoms with E-state index in [-0.39, 0.29) is 22.3 Å². The molecule has 8 heteroatoms. The highest BCUT2D eigenvalue weighted by atomic mass is 35.5. The molecule has 0 heterocycles. The van der Waals surface area contributed by atoms with Gasteiger partial charge in [-0.25, -0.2) is 8.42 Å². The molecule has 2 aromatic carbocycles. The molecule has 2 atom stereocenters. The summed E-state index contributed by atoms with van der Waals surface area (Å²) in [6.07, 6.45) is -0.985. The van der Waals surface area contributed by atoms with E-state index in [1.807, 2.05) is 6.92 Å². The molecule has 0 amide bonds. The number of benzene rings is 2. The van der Waals surface area contributed by atoms with E-state index in [9.17, 15) is 13.5 Å². The molecule has 2 aromatic rings. The third-order valence-corrected chi connectivity index (χ3v) is 6.03. The summed E-state index contributed by atoms with van der Waals surface area (Å²) in [6.45, 7) is 1.94. The lowest BCUT2D eigenvalue weighted by atomic mass is 10.2. The molecule has 0 aromatic heterocycles. The number of hydrogen-bond acceptors (Lipinski definition) is 6. The van der Waals surface area contributed by atoms with Crippen LogP contribution >= 0.6 is 11.6 Å². The van der Waals surface area contributed by atoms with E-state index in [0.29, 0.717) is 24.0 Å². The Balaban J connectivity index is 2.06. The van der Waals surface area contributed by atoms with Crippen LogP contribution in [-0.2, 0) is 9.84 Å². The minimum absolute atomic E-state index is 0.0770. The standard InChI is InChI=1S/C19H23ClO6S/c1-14(10-20)12-25-16-2-6-18(7-3-16)27(23,24)19-8-4-17(5-9-19)26-13-15(22)11-21/h2-9,14-15,21-22H,10-13H2,1H3/t14-,15+/m1/s1. The van der Waals surface area contributed by atoms with Crippen LogP contribution in [0.15, 0.2) is 58.3 Å². The number of hydrogen-bond donors (Lipinski definition) is 2. The van der Waals surface area contributed by atoms with Crippen LogP contribution in [0.5, 0.6) is 11.5 Å². The Labute approximate surface area is 164 Å². The minimum Gasteiger partial charge on any atom is -0.493 e. The van der Waals surface area contributed by atoms with Crippen LogP contribution in [0.25, 0.3) is 0 Å². The Morgan fingerprint density at radius 3 is 1.78 bits per heavy atom. The summed E-state index contributed by atoms with van der Waals surface area (Å²) in [5, 5.41) is 18.0. The Bertz CT molecular complexity index is 742. The average Bonchev–Trinajstić information content (AvgIpc) is 2.70. The van der Waals surface area contributed by atoms with Gasteiger partial charge < -0.3 is 19.7 Å². The molecule has 2 N–H and O–H groups in total. The Morgan fingerprint density at radius 2 is 1.37 bits per heavy atom. The summed E-state index contributed by atoms with van der Waals surface area (Å²) in [6, 6.07) is 12.1. The molecule has 0 bridgehead atoms. The van der Waals surface area contributed by atoms with Crippen LogP contribution in [-0.4, -0.2) is 50.4 Å². The molecular formula is C19H23ClO6S. The van der Waals surface area contributed by atoms with E-state index in [2.05, 4.69) is 0 Å². The number of halogens is 1. The molecule has 0 spiro atoms. The van der Waals surface area contributed by atoms with Gasteiger partial charge in [0.05, 0.1) is 23.0 Å². The lowest BCUT2D eigenvalue weighted by molar-refractivity contribution is 0.0536. The molecule has 6 nitrogen and oxygen atoms in total. The zero-order valence-electron chi connectivity index (χ0n) is 14.9. The van der Waals surface area contributed by atoms with Crippen LogP contribution in [0.1, 0.15) is 6.92 Å². The Morgan fingerprint density at radius 1 is 0.926 bits per heavy atom. The van der Waals surface area contributed by atoms with E-state index in [1.54, 1.807) is 12.1 Å². The van der Waals surface area contributed by atoms with Gasteiger partial charge in [0, 0.05) is 11.8 Å². The molecule has 0 aliphatic carbocycles. The second kappa shape index (κ2) is 9.94. The van der Waals surface area contributed by atoms with Gasteiger partial charge in [0.15, 0.2) is 0 Å². The lowest BCUT2D eigenvalue weighted by Gasteiger charge is -2.12. The monoisotopic (exact) mass is 414 g/mol. The van der Waals surface area contributed by atoms with Crippen LogP contribution in [0.4, 0.5) is 0 Å². The van der Waals surface area contributed by atoms with Gasteiger partial charge in [0.2, 0.25) is 9.84 Å². The van der Waals surface area contributed by atoms with Crippen molar-refractivity contribution in [3.8, 4) is 11.5 Å². The SMILES string of the molecule is C[C@H](CCl)COc1ccc(S(=O)(=O)c2ccc(OC[C@@H](O)CO)cc2)cc1. The van der Waals surface area contributed by atoms with Crippen molar-refractivity contribution in [2.24, 2.45) is 5.92 Å². The largest absolute Gasteiger partial charge is 0.493 e. The van der Waals surface area contributed by atoms with Crippen molar-refractivity contribution >= 4 is 21.4 Å². The second-order valence-electron chi connectivity index (χ2n) is 6.16. The van der Waals surface area contributed by atoms with E-state index in [1.165, 1.54) is 36.4 Å². The van der Waals surface area contributed by atoms with Gasteiger partial charge in [-0.05, 0) is 48.5 Å². The first-order valence-electron chi connectivity index (χ1n) is 8.42. The van der Waals surface area contributed by atoms with Crippen molar-refractivity contribution in [2.45, 2.75) is 22.8 Å². The molecule has 148 valence electrons. The highest BCUT2D eigenvalue weighted by molar-refractivity contribution is 7.91. The molecule has 0 unspecified atom stereocenters.